The van der Waals surface area contributed by atoms with Crippen molar-refractivity contribution in [2.24, 2.45) is 5.10 Å². The number of thiocarbonyl (C=S) groups is 1. The molecule has 0 aliphatic heterocycles. The molecule has 0 amide bonds. The van der Waals surface area contributed by atoms with Crippen molar-refractivity contribution in [2.75, 3.05) is 6.54 Å². The Morgan fingerprint density at radius 3 is 2.56 bits per heavy atom. The van der Waals surface area contributed by atoms with Gasteiger partial charge in [-0.2, -0.15) is 5.10 Å². The molecule has 0 aliphatic carbocycles. The number of rotatable bonds is 4. The Balaban J connectivity index is 2.46. The lowest BCUT2D eigenvalue weighted by molar-refractivity contribution is 0.904. The Bertz CT molecular complexity index is 357. The minimum Gasteiger partial charge on any atom is -0.362 e. The van der Waals surface area contributed by atoms with Crippen molar-refractivity contribution in [1.82, 2.24) is 10.7 Å². The predicted molar refractivity (Wildman–Crippen MR) is 72.8 cm³/mol. The molecule has 0 radical (unpaired) electrons. The molecule has 3 nitrogen and oxygen atoms in total. The summed E-state index contributed by atoms with van der Waals surface area (Å²) in [6.07, 6.45) is 2.81. The molecule has 1 aromatic carbocycles. The van der Waals surface area contributed by atoms with E-state index < -0.39 is 0 Å². The van der Waals surface area contributed by atoms with Crippen LogP contribution in [0.25, 0.3) is 0 Å². The molecule has 0 saturated heterocycles. The Hall–Kier alpha value is -1.42. The summed E-state index contributed by atoms with van der Waals surface area (Å²) in [5.74, 6) is 0. The van der Waals surface area contributed by atoms with Crippen molar-refractivity contribution in [3.63, 3.8) is 0 Å². The van der Waals surface area contributed by atoms with Crippen LogP contribution in [0.2, 0.25) is 0 Å². The molecule has 0 saturated carbocycles. The summed E-state index contributed by atoms with van der Waals surface area (Å²) in [7, 11) is 0. The fourth-order valence-electron chi connectivity index (χ4n) is 1.20. The van der Waals surface area contributed by atoms with Gasteiger partial charge in [-0.25, -0.2) is 0 Å². The average Bonchev–Trinajstić information content (AvgIpc) is 2.30. The van der Waals surface area contributed by atoms with Crippen LogP contribution in [0.3, 0.4) is 0 Å². The van der Waals surface area contributed by atoms with Crippen LogP contribution in [0.4, 0.5) is 0 Å². The summed E-state index contributed by atoms with van der Waals surface area (Å²) < 4.78 is 0. The van der Waals surface area contributed by atoms with E-state index in [4.69, 9.17) is 12.2 Å². The van der Waals surface area contributed by atoms with Gasteiger partial charge >= 0.3 is 0 Å². The number of nitrogens with zero attached hydrogens (tertiary/aromatic N) is 1. The minimum absolute atomic E-state index is 0.545. The molecular weight excluding hydrogens is 218 g/mol. The molecule has 0 unspecified atom stereocenters. The van der Waals surface area contributed by atoms with Crippen LogP contribution in [0.5, 0.6) is 0 Å². The number of nitrogens with one attached hydrogen (secondary N) is 2. The highest BCUT2D eigenvalue weighted by Crippen LogP contribution is 2.02. The van der Waals surface area contributed by atoms with Crippen molar-refractivity contribution in [3.05, 3.63) is 35.4 Å². The molecule has 86 valence electrons. The van der Waals surface area contributed by atoms with Gasteiger partial charge in [0.25, 0.3) is 0 Å². The fourth-order valence-corrected chi connectivity index (χ4v) is 1.40. The molecule has 4 heteroatoms. The van der Waals surface area contributed by atoms with Crippen LogP contribution in [0.1, 0.15) is 25.0 Å². The summed E-state index contributed by atoms with van der Waals surface area (Å²) in [4.78, 5) is 0. The zero-order valence-electron chi connectivity index (χ0n) is 9.66. The maximum Gasteiger partial charge on any atom is 0.186 e. The van der Waals surface area contributed by atoms with Gasteiger partial charge < -0.3 is 5.32 Å². The monoisotopic (exact) mass is 235 g/mol. The highest BCUT2D eigenvalue weighted by atomic mass is 32.1. The van der Waals surface area contributed by atoms with E-state index in [2.05, 4.69) is 34.9 Å². The van der Waals surface area contributed by atoms with Crippen molar-refractivity contribution in [1.29, 1.82) is 0 Å². The van der Waals surface area contributed by atoms with Gasteiger partial charge in [0.15, 0.2) is 5.11 Å². The van der Waals surface area contributed by atoms with Gasteiger partial charge in [-0.05, 0) is 36.7 Å². The summed E-state index contributed by atoms with van der Waals surface area (Å²) >= 11 is 4.97. The van der Waals surface area contributed by atoms with E-state index in [9.17, 15) is 0 Å². The van der Waals surface area contributed by atoms with Crippen LogP contribution < -0.4 is 10.7 Å². The number of aryl methyl sites for hydroxylation is 1. The first-order valence-electron chi connectivity index (χ1n) is 5.42. The molecule has 0 fully saturated rings. The molecule has 0 aromatic heterocycles. The molecule has 0 spiro atoms. The molecule has 1 aromatic rings. The molecule has 2 N–H and O–H groups in total. The summed E-state index contributed by atoms with van der Waals surface area (Å²) in [6.45, 7) is 4.92. The van der Waals surface area contributed by atoms with Crippen LogP contribution >= 0.6 is 12.2 Å². The second-order valence-corrected chi connectivity index (χ2v) is 3.73. The van der Waals surface area contributed by atoms with E-state index in [1.165, 1.54) is 5.56 Å². The maximum atomic E-state index is 4.97. The zero-order chi connectivity index (χ0) is 11.8. The molecule has 0 atom stereocenters. The number of hydrogen-bond donors (Lipinski definition) is 2. The van der Waals surface area contributed by atoms with E-state index >= 15 is 0 Å². The lowest BCUT2D eigenvalue weighted by Crippen LogP contribution is -2.31. The van der Waals surface area contributed by atoms with E-state index in [0.29, 0.717) is 5.11 Å². The Kier molecular flexibility index (Phi) is 5.50. The molecule has 0 heterocycles. The van der Waals surface area contributed by atoms with Crippen molar-refractivity contribution >= 4 is 23.5 Å². The quantitative estimate of drug-likeness (QED) is 0.476. The van der Waals surface area contributed by atoms with Crippen LogP contribution in [-0.2, 0) is 6.42 Å². The minimum atomic E-state index is 0.545. The summed E-state index contributed by atoms with van der Waals surface area (Å²) in [5.41, 5.74) is 5.14. The predicted octanol–water partition coefficient (Wildman–Crippen LogP) is 2.07. The Morgan fingerprint density at radius 2 is 2.00 bits per heavy atom. The van der Waals surface area contributed by atoms with Gasteiger partial charge in [-0.3, -0.25) is 5.43 Å². The topological polar surface area (TPSA) is 36.4 Å². The molecule has 0 bridgehead atoms. The molecule has 16 heavy (non-hydrogen) atoms. The fraction of sp³-hybridized carbons (Fsp3) is 0.333. The maximum absolute atomic E-state index is 4.97. The Morgan fingerprint density at radius 1 is 1.31 bits per heavy atom. The number of hydrogen-bond acceptors (Lipinski definition) is 2. The van der Waals surface area contributed by atoms with E-state index in [-0.39, 0.29) is 0 Å². The smallest absolute Gasteiger partial charge is 0.186 e. The van der Waals surface area contributed by atoms with Gasteiger partial charge in [0.1, 0.15) is 0 Å². The first-order valence-corrected chi connectivity index (χ1v) is 5.83. The van der Waals surface area contributed by atoms with Crippen molar-refractivity contribution in [2.45, 2.75) is 20.3 Å². The molecular formula is C12H17N3S. The van der Waals surface area contributed by atoms with Gasteiger partial charge in [0, 0.05) is 6.54 Å². The standard InChI is InChI=1S/C12H17N3S/c1-3-10-5-7-11(8-6-10)9-14-15-12(16)13-4-2/h5-9H,3-4H2,1-2H3,(H2,13,15,16). The van der Waals surface area contributed by atoms with Gasteiger partial charge in [-0.1, -0.05) is 31.2 Å². The first-order chi connectivity index (χ1) is 7.76. The van der Waals surface area contributed by atoms with E-state index in [1.807, 2.05) is 19.1 Å². The lowest BCUT2D eigenvalue weighted by Gasteiger charge is -2.02. The number of benzene rings is 1. The average molecular weight is 235 g/mol. The first kappa shape index (κ1) is 12.6. The lowest BCUT2D eigenvalue weighted by atomic mass is 10.1. The second kappa shape index (κ2) is 6.95. The van der Waals surface area contributed by atoms with E-state index in [1.54, 1.807) is 6.21 Å². The third-order valence-electron chi connectivity index (χ3n) is 2.11. The van der Waals surface area contributed by atoms with Gasteiger partial charge in [-0.15, -0.1) is 0 Å². The highest BCUT2D eigenvalue weighted by Gasteiger charge is 1.90. The second-order valence-electron chi connectivity index (χ2n) is 3.32. The Labute approximate surface area is 102 Å². The third kappa shape index (κ3) is 4.40. The highest BCUT2D eigenvalue weighted by molar-refractivity contribution is 7.80. The van der Waals surface area contributed by atoms with E-state index in [0.717, 1.165) is 18.5 Å². The summed E-state index contributed by atoms with van der Waals surface area (Å²) in [6, 6.07) is 8.29. The van der Waals surface area contributed by atoms with Gasteiger partial charge in [0.2, 0.25) is 0 Å². The largest absolute Gasteiger partial charge is 0.362 e. The number of hydrazone groups is 1. The van der Waals surface area contributed by atoms with Gasteiger partial charge in [0.05, 0.1) is 6.21 Å². The van der Waals surface area contributed by atoms with Crippen LogP contribution in [0.15, 0.2) is 29.4 Å². The third-order valence-corrected chi connectivity index (χ3v) is 2.34. The molecule has 0 aliphatic rings. The summed E-state index contributed by atoms with van der Waals surface area (Å²) in [5, 5.41) is 7.54. The van der Waals surface area contributed by atoms with Crippen molar-refractivity contribution < 1.29 is 0 Å². The SMILES string of the molecule is CCNC(=S)NN=Cc1ccc(CC)cc1. The van der Waals surface area contributed by atoms with Crippen molar-refractivity contribution in [3.8, 4) is 0 Å². The van der Waals surface area contributed by atoms with Crippen LogP contribution in [0, 0.1) is 0 Å². The normalized spacial score (nSPS) is 10.4. The van der Waals surface area contributed by atoms with Crippen LogP contribution in [-0.4, -0.2) is 17.9 Å². The molecule has 1 rings (SSSR count). The zero-order valence-corrected chi connectivity index (χ0v) is 10.5.